The lowest BCUT2D eigenvalue weighted by Gasteiger charge is -2.56. The highest BCUT2D eigenvalue weighted by molar-refractivity contribution is 5.95. The van der Waals surface area contributed by atoms with E-state index in [1.54, 1.807) is 4.90 Å². The molecule has 3 heterocycles. The number of nitrogens with one attached hydrogen (secondary N) is 1. The van der Waals surface area contributed by atoms with Crippen molar-refractivity contribution < 1.29 is 27.9 Å². The highest BCUT2D eigenvalue weighted by atomic mass is 19.4. The molecular formula is C38H39F3N6O3. The number of nitrogens with zero attached hydrogens (tertiary/aromatic N) is 5. The molecule has 50 heavy (non-hydrogen) atoms. The minimum Gasteiger partial charge on any atom is -0.506 e. The van der Waals surface area contributed by atoms with Crippen molar-refractivity contribution in [2.24, 2.45) is 23.2 Å². The first-order valence-corrected chi connectivity index (χ1v) is 17.3. The number of halogens is 3. The standard InChI is InChI=1S/C38H39F3N6O3/c39-38(40,41)31-12-28(13-33(15-31)47-22-30(20-44-47)29-14-34(48)21-42-19-29)36(50)46-7-5-45(6-8-46)32-3-1-27(2-4-32)35(49)43-23-37-16-24-9-25(17-37)11-26(10-24)18-37/h1-4,12-15,19-22,24-26,48H,5-11,16-18,23H2,(H,43,49). The molecular weight excluding hydrogens is 645 g/mol. The van der Waals surface area contributed by atoms with Crippen molar-refractivity contribution in [2.45, 2.75) is 44.7 Å². The molecule has 0 radical (unpaired) electrons. The van der Waals surface area contributed by atoms with E-state index in [2.05, 4.69) is 20.3 Å². The molecule has 4 aromatic rings. The SMILES string of the molecule is O=C(NCC12CC3CC(CC(C3)C1)C2)c1ccc(N2CCN(C(=O)c3cc(-n4cc(-c5cncc(O)c5)cn4)cc(C(F)(F)F)c3)CC2)cc1. The van der Waals surface area contributed by atoms with Crippen molar-refractivity contribution in [1.29, 1.82) is 0 Å². The quantitative estimate of drug-likeness (QED) is 0.229. The lowest BCUT2D eigenvalue weighted by molar-refractivity contribution is -0.137. The molecule has 4 bridgehead atoms. The van der Waals surface area contributed by atoms with Crippen LogP contribution in [0.4, 0.5) is 18.9 Å². The first-order valence-electron chi connectivity index (χ1n) is 17.3. The summed E-state index contributed by atoms with van der Waals surface area (Å²) in [5.74, 6) is 1.91. The molecule has 4 saturated carbocycles. The van der Waals surface area contributed by atoms with Crippen LogP contribution in [0.25, 0.3) is 16.8 Å². The largest absolute Gasteiger partial charge is 0.506 e. The Labute approximate surface area is 288 Å². The van der Waals surface area contributed by atoms with Crippen LogP contribution in [0.5, 0.6) is 5.75 Å². The zero-order valence-electron chi connectivity index (χ0n) is 27.6. The summed E-state index contributed by atoms with van der Waals surface area (Å²) in [7, 11) is 0. The molecule has 4 aliphatic carbocycles. The number of pyridine rings is 1. The number of hydrogen-bond acceptors (Lipinski definition) is 6. The third-order valence-electron chi connectivity index (χ3n) is 11.2. The van der Waals surface area contributed by atoms with E-state index in [0.29, 0.717) is 42.9 Å². The molecule has 5 fully saturated rings. The predicted molar refractivity (Wildman–Crippen MR) is 181 cm³/mol. The zero-order valence-corrected chi connectivity index (χ0v) is 27.6. The van der Waals surface area contributed by atoms with Crippen molar-refractivity contribution in [1.82, 2.24) is 25.0 Å². The van der Waals surface area contributed by atoms with E-state index in [-0.39, 0.29) is 28.3 Å². The molecule has 2 aromatic heterocycles. The van der Waals surface area contributed by atoms with E-state index in [1.165, 1.54) is 80.1 Å². The van der Waals surface area contributed by atoms with Crippen LogP contribution in [0.1, 0.15) is 64.8 Å². The number of amides is 2. The normalized spacial score (nSPS) is 24.4. The number of piperazine rings is 1. The number of carbonyl (C=O) groups is 2. The molecule has 1 aliphatic heterocycles. The molecule has 9 nitrogen and oxygen atoms in total. The number of anilines is 1. The van der Waals surface area contributed by atoms with E-state index in [1.807, 2.05) is 24.3 Å². The van der Waals surface area contributed by atoms with Crippen LogP contribution >= 0.6 is 0 Å². The third-order valence-corrected chi connectivity index (χ3v) is 11.2. The topological polar surface area (TPSA) is 104 Å². The van der Waals surface area contributed by atoms with Crippen LogP contribution in [-0.2, 0) is 6.18 Å². The van der Waals surface area contributed by atoms with Crippen LogP contribution in [-0.4, -0.2) is 69.3 Å². The monoisotopic (exact) mass is 684 g/mol. The van der Waals surface area contributed by atoms with Gasteiger partial charge in [0.05, 0.1) is 23.6 Å². The predicted octanol–water partition coefficient (Wildman–Crippen LogP) is 6.57. The molecule has 260 valence electrons. The second-order valence-corrected chi connectivity index (χ2v) is 14.8. The maximum absolute atomic E-state index is 14.0. The fourth-order valence-corrected chi connectivity index (χ4v) is 9.28. The Morgan fingerprint density at radius 2 is 1.50 bits per heavy atom. The molecule has 0 atom stereocenters. The lowest BCUT2D eigenvalue weighted by Crippen LogP contribution is -2.51. The maximum Gasteiger partial charge on any atom is 0.416 e. The lowest BCUT2D eigenvalue weighted by atomic mass is 9.49. The second-order valence-electron chi connectivity index (χ2n) is 14.8. The highest BCUT2D eigenvalue weighted by Crippen LogP contribution is 2.59. The van der Waals surface area contributed by atoms with Gasteiger partial charge in [-0.1, -0.05) is 0 Å². The van der Waals surface area contributed by atoms with Crippen LogP contribution < -0.4 is 10.2 Å². The first kappa shape index (κ1) is 32.3. The first-order chi connectivity index (χ1) is 24.0. The van der Waals surface area contributed by atoms with Gasteiger partial charge in [0.2, 0.25) is 0 Å². The van der Waals surface area contributed by atoms with Crippen molar-refractivity contribution in [3.05, 3.63) is 90.0 Å². The van der Waals surface area contributed by atoms with Gasteiger partial charge in [0.25, 0.3) is 11.8 Å². The molecule has 2 amide bonds. The summed E-state index contributed by atoms with van der Waals surface area (Å²) in [5, 5.41) is 17.2. The average Bonchev–Trinajstić information content (AvgIpc) is 3.60. The van der Waals surface area contributed by atoms with Crippen LogP contribution in [0.15, 0.2) is 73.3 Å². The summed E-state index contributed by atoms with van der Waals surface area (Å²) < 4.78 is 43.2. The van der Waals surface area contributed by atoms with E-state index < -0.39 is 17.6 Å². The maximum atomic E-state index is 14.0. The Morgan fingerprint density at radius 1 is 0.820 bits per heavy atom. The van der Waals surface area contributed by atoms with Crippen molar-refractivity contribution in [3.8, 4) is 22.6 Å². The van der Waals surface area contributed by atoms with Gasteiger partial charge in [-0.3, -0.25) is 14.6 Å². The summed E-state index contributed by atoms with van der Waals surface area (Å²) >= 11 is 0. The number of aromatic hydroxyl groups is 1. The van der Waals surface area contributed by atoms with Gasteiger partial charge < -0.3 is 20.2 Å². The summed E-state index contributed by atoms with van der Waals surface area (Å²) in [6.07, 6.45) is 8.94. The Bertz CT molecular complexity index is 1880. The van der Waals surface area contributed by atoms with Crippen LogP contribution in [0, 0.1) is 23.2 Å². The summed E-state index contributed by atoms with van der Waals surface area (Å²) in [4.78, 5) is 34.3. The molecule has 0 spiro atoms. The van der Waals surface area contributed by atoms with Crippen molar-refractivity contribution in [3.63, 3.8) is 0 Å². The van der Waals surface area contributed by atoms with Crippen LogP contribution in [0.2, 0.25) is 0 Å². The van der Waals surface area contributed by atoms with Crippen molar-refractivity contribution >= 4 is 17.5 Å². The summed E-state index contributed by atoms with van der Waals surface area (Å²) in [6.45, 7) is 2.40. The summed E-state index contributed by atoms with van der Waals surface area (Å²) in [6, 6.07) is 12.2. The van der Waals surface area contributed by atoms with Gasteiger partial charge >= 0.3 is 6.18 Å². The molecule has 2 aromatic carbocycles. The number of aromatic nitrogens is 3. The molecule has 0 unspecified atom stereocenters. The Morgan fingerprint density at radius 3 is 2.14 bits per heavy atom. The van der Waals surface area contributed by atoms with E-state index in [4.69, 9.17) is 0 Å². The van der Waals surface area contributed by atoms with Gasteiger partial charge in [-0.15, -0.1) is 0 Å². The zero-order chi connectivity index (χ0) is 34.6. The number of alkyl halides is 3. The average molecular weight is 685 g/mol. The molecule has 2 N–H and O–H groups in total. The Kier molecular flexibility index (Phi) is 8.07. The fourth-order valence-electron chi connectivity index (χ4n) is 9.28. The minimum atomic E-state index is -4.67. The number of rotatable bonds is 7. The van der Waals surface area contributed by atoms with Gasteiger partial charge in [-0.05, 0) is 110 Å². The van der Waals surface area contributed by atoms with E-state index in [9.17, 15) is 27.9 Å². The Balaban J connectivity index is 0.907. The molecule has 9 rings (SSSR count). The minimum absolute atomic E-state index is 0.0501. The molecule has 5 aliphatic rings. The van der Waals surface area contributed by atoms with E-state index >= 15 is 0 Å². The van der Waals surface area contributed by atoms with Crippen molar-refractivity contribution in [2.75, 3.05) is 37.6 Å². The number of carbonyl (C=O) groups excluding carboxylic acids is 2. The Hall–Kier alpha value is -4.87. The smallest absolute Gasteiger partial charge is 0.416 e. The van der Waals surface area contributed by atoms with Gasteiger partial charge in [0, 0.05) is 73.1 Å². The highest BCUT2D eigenvalue weighted by Gasteiger charge is 2.50. The fraction of sp³-hybridized carbons (Fsp3) is 0.421. The molecule has 12 heteroatoms. The van der Waals surface area contributed by atoms with Gasteiger partial charge in [-0.2, -0.15) is 18.3 Å². The number of hydrogen-bond donors (Lipinski definition) is 2. The van der Waals surface area contributed by atoms with E-state index in [0.717, 1.165) is 42.1 Å². The third kappa shape index (κ3) is 6.43. The summed E-state index contributed by atoms with van der Waals surface area (Å²) in [5.41, 5.74) is 1.96. The second kappa shape index (κ2) is 12.5. The molecule has 1 saturated heterocycles. The number of benzene rings is 2. The van der Waals surface area contributed by atoms with Gasteiger partial charge in [-0.25, -0.2) is 4.68 Å². The van der Waals surface area contributed by atoms with Gasteiger partial charge in [0.1, 0.15) is 5.75 Å². The van der Waals surface area contributed by atoms with Gasteiger partial charge in [0.15, 0.2) is 0 Å². The van der Waals surface area contributed by atoms with Crippen LogP contribution in [0.3, 0.4) is 0 Å².